The van der Waals surface area contributed by atoms with Gasteiger partial charge in [0.1, 0.15) is 5.75 Å². The Bertz CT molecular complexity index is 1410. The molecule has 0 saturated carbocycles. The average Bonchev–Trinajstić information content (AvgIpc) is 3.26. The van der Waals surface area contributed by atoms with Crippen molar-refractivity contribution in [1.82, 2.24) is 20.1 Å². The zero-order valence-electron chi connectivity index (χ0n) is 25.0. The highest BCUT2D eigenvalue weighted by atomic mass is 35.5. The molecular weight excluding hydrogens is 604 g/mol. The van der Waals surface area contributed by atoms with Crippen LogP contribution in [0.25, 0.3) is 10.9 Å². The first-order valence-corrected chi connectivity index (χ1v) is 16.7. The molecule has 3 aromatic rings. The van der Waals surface area contributed by atoms with Crippen LogP contribution in [0.1, 0.15) is 34.5 Å². The van der Waals surface area contributed by atoms with E-state index in [0.29, 0.717) is 59.4 Å². The number of carbonyl (C=O) groups is 3. The van der Waals surface area contributed by atoms with E-state index < -0.39 is 0 Å². The van der Waals surface area contributed by atoms with E-state index in [-0.39, 0.29) is 24.1 Å². The SMILES string of the molecule is COc1ccc2c(c1)c(CC(=O)NCC/C=C/CCN(CCS)CC(=O)NCCSC)c(C)n2C(=O)c1ccc(Cl)cc1. The van der Waals surface area contributed by atoms with Gasteiger partial charge in [0, 0.05) is 59.4 Å². The third-order valence-corrected chi connectivity index (χ3v) is 8.06. The van der Waals surface area contributed by atoms with Gasteiger partial charge in [-0.1, -0.05) is 23.8 Å². The van der Waals surface area contributed by atoms with Crippen LogP contribution in [-0.2, 0) is 16.0 Å². The number of nitrogens with zero attached hydrogens (tertiary/aromatic N) is 2. The van der Waals surface area contributed by atoms with Crippen LogP contribution >= 0.6 is 36.0 Å². The van der Waals surface area contributed by atoms with Crippen LogP contribution in [0.3, 0.4) is 0 Å². The Labute approximate surface area is 269 Å². The molecule has 0 unspecified atom stereocenters. The maximum Gasteiger partial charge on any atom is 0.262 e. The van der Waals surface area contributed by atoms with E-state index in [1.165, 1.54) is 0 Å². The minimum atomic E-state index is -0.190. The molecule has 0 bridgehead atoms. The number of aromatic nitrogens is 1. The topological polar surface area (TPSA) is 92.7 Å². The molecule has 11 heteroatoms. The number of hydrogen-bond acceptors (Lipinski definition) is 7. The van der Waals surface area contributed by atoms with Gasteiger partial charge in [0.2, 0.25) is 11.8 Å². The van der Waals surface area contributed by atoms with Crippen molar-refractivity contribution in [2.75, 3.05) is 57.6 Å². The highest BCUT2D eigenvalue weighted by Gasteiger charge is 2.22. The number of methoxy groups -OCH3 is 1. The largest absolute Gasteiger partial charge is 0.497 e. The van der Waals surface area contributed by atoms with Crippen LogP contribution in [-0.4, -0.2) is 84.8 Å². The lowest BCUT2D eigenvalue weighted by Gasteiger charge is -2.20. The molecule has 0 fully saturated rings. The summed E-state index contributed by atoms with van der Waals surface area (Å²) in [5.74, 6) is 1.97. The Morgan fingerprint density at radius 1 is 1.02 bits per heavy atom. The van der Waals surface area contributed by atoms with Crippen LogP contribution in [0, 0.1) is 6.92 Å². The molecule has 2 aromatic carbocycles. The molecule has 232 valence electrons. The van der Waals surface area contributed by atoms with Crippen molar-refractivity contribution in [2.24, 2.45) is 0 Å². The maximum atomic E-state index is 13.5. The second-order valence-corrected chi connectivity index (χ2v) is 11.9. The van der Waals surface area contributed by atoms with Crippen molar-refractivity contribution < 1.29 is 19.1 Å². The summed E-state index contributed by atoms with van der Waals surface area (Å²) in [4.78, 5) is 40.7. The van der Waals surface area contributed by atoms with Gasteiger partial charge in [0.05, 0.1) is 25.6 Å². The summed E-state index contributed by atoms with van der Waals surface area (Å²) in [6.07, 6.45) is 7.78. The van der Waals surface area contributed by atoms with E-state index in [9.17, 15) is 14.4 Å². The number of nitrogens with one attached hydrogen (secondary N) is 2. The summed E-state index contributed by atoms with van der Waals surface area (Å²) in [5, 5.41) is 7.29. The summed E-state index contributed by atoms with van der Waals surface area (Å²) in [7, 11) is 1.59. The first-order valence-electron chi connectivity index (χ1n) is 14.3. The molecular formula is C32H41ClN4O4S2. The quantitative estimate of drug-likeness (QED) is 0.109. The lowest BCUT2D eigenvalue weighted by Crippen LogP contribution is -2.39. The predicted molar refractivity (Wildman–Crippen MR) is 181 cm³/mol. The number of benzene rings is 2. The molecule has 1 heterocycles. The molecule has 0 saturated heterocycles. The number of hydrogen-bond donors (Lipinski definition) is 3. The number of thiol groups is 1. The highest BCUT2D eigenvalue weighted by molar-refractivity contribution is 7.98. The molecule has 0 aliphatic rings. The molecule has 0 spiro atoms. The van der Waals surface area contributed by atoms with E-state index >= 15 is 0 Å². The fourth-order valence-electron chi connectivity index (χ4n) is 4.77. The summed E-state index contributed by atoms with van der Waals surface area (Å²) in [6.45, 7) is 4.91. The lowest BCUT2D eigenvalue weighted by molar-refractivity contribution is -0.122. The molecule has 0 radical (unpaired) electrons. The molecule has 3 rings (SSSR count). The van der Waals surface area contributed by atoms with E-state index in [1.54, 1.807) is 47.7 Å². The average molecular weight is 645 g/mol. The van der Waals surface area contributed by atoms with Gasteiger partial charge in [0.15, 0.2) is 0 Å². The first kappa shape index (κ1) is 34.6. The van der Waals surface area contributed by atoms with Crippen LogP contribution in [0.5, 0.6) is 5.75 Å². The Morgan fingerprint density at radius 2 is 1.74 bits per heavy atom. The highest BCUT2D eigenvalue weighted by Crippen LogP contribution is 2.31. The second-order valence-electron chi connectivity index (χ2n) is 10.0. The van der Waals surface area contributed by atoms with E-state index in [2.05, 4.69) is 34.2 Å². The van der Waals surface area contributed by atoms with E-state index in [0.717, 1.165) is 36.2 Å². The van der Waals surface area contributed by atoms with Crippen molar-refractivity contribution in [3.63, 3.8) is 0 Å². The Kier molecular flexibility index (Phi) is 14.5. The number of amides is 2. The number of rotatable bonds is 17. The van der Waals surface area contributed by atoms with Crippen molar-refractivity contribution in [1.29, 1.82) is 0 Å². The van der Waals surface area contributed by atoms with Crippen molar-refractivity contribution in [2.45, 2.75) is 26.2 Å². The Balaban J connectivity index is 1.56. The summed E-state index contributed by atoms with van der Waals surface area (Å²) >= 11 is 12.0. The summed E-state index contributed by atoms with van der Waals surface area (Å²) in [6, 6.07) is 12.3. The third kappa shape index (κ3) is 10.3. The summed E-state index contributed by atoms with van der Waals surface area (Å²) < 4.78 is 7.07. The van der Waals surface area contributed by atoms with E-state index in [4.69, 9.17) is 16.3 Å². The van der Waals surface area contributed by atoms with Gasteiger partial charge in [-0.2, -0.15) is 24.4 Å². The second kappa shape index (κ2) is 18.0. The van der Waals surface area contributed by atoms with Gasteiger partial charge < -0.3 is 15.4 Å². The Morgan fingerprint density at radius 3 is 2.44 bits per heavy atom. The molecule has 2 N–H and O–H groups in total. The number of thioether (sulfide) groups is 1. The molecule has 2 amide bonds. The molecule has 0 atom stereocenters. The minimum absolute atomic E-state index is 0.0358. The normalized spacial score (nSPS) is 11.4. The van der Waals surface area contributed by atoms with Gasteiger partial charge in [0.25, 0.3) is 5.91 Å². The molecule has 8 nitrogen and oxygen atoms in total. The monoisotopic (exact) mass is 644 g/mol. The molecule has 0 aliphatic heterocycles. The standard InChI is InChI=1S/C32H41ClN4O4S2/c1-23-27(28-20-26(41-2)12-13-29(28)37(23)32(40)24-8-10-25(33)11-9-24)21-30(38)34-14-6-4-5-7-16-36(17-18-42)22-31(39)35-15-19-43-3/h4-5,8-13,20,42H,6-7,14-19,21-22H2,1-3H3,(H,34,38)(H,35,39)/b5-4+. The van der Waals surface area contributed by atoms with Gasteiger partial charge in [-0.25, -0.2) is 0 Å². The number of carbonyl (C=O) groups excluding carboxylic acids is 3. The van der Waals surface area contributed by atoms with Crippen LogP contribution in [0.15, 0.2) is 54.6 Å². The van der Waals surface area contributed by atoms with Crippen molar-refractivity contribution in [3.8, 4) is 5.75 Å². The third-order valence-electron chi connectivity index (χ3n) is 7.00. The fourth-order valence-corrected chi connectivity index (χ4v) is 5.48. The number of fused-ring (bicyclic) bond motifs is 1. The zero-order chi connectivity index (χ0) is 31.2. The fraction of sp³-hybridized carbons (Fsp3) is 0.406. The van der Waals surface area contributed by atoms with E-state index in [1.807, 2.05) is 37.5 Å². The number of halogens is 1. The Hall–Kier alpha value is -2.92. The van der Waals surface area contributed by atoms with Gasteiger partial charge in [-0.15, -0.1) is 0 Å². The summed E-state index contributed by atoms with van der Waals surface area (Å²) in [5.41, 5.74) is 2.72. The maximum absolute atomic E-state index is 13.5. The van der Waals surface area contributed by atoms with Crippen molar-refractivity contribution >= 4 is 64.6 Å². The lowest BCUT2D eigenvalue weighted by atomic mass is 10.1. The van der Waals surface area contributed by atoms with Gasteiger partial charge in [-0.05, 0) is 74.0 Å². The van der Waals surface area contributed by atoms with Crippen LogP contribution in [0.2, 0.25) is 5.02 Å². The predicted octanol–water partition coefficient (Wildman–Crippen LogP) is 5.01. The number of ether oxygens (including phenoxy) is 1. The van der Waals surface area contributed by atoms with Gasteiger partial charge in [-0.3, -0.25) is 23.9 Å². The minimum Gasteiger partial charge on any atom is -0.497 e. The molecule has 43 heavy (non-hydrogen) atoms. The smallest absolute Gasteiger partial charge is 0.262 e. The van der Waals surface area contributed by atoms with Crippen LogP contribution in [0.4, 0.5) is 0 Å². The molecule has 1 aromatic heterocycles. The molecule has 0 aliphatic carbocycles. The van der Waals surface area contributed by atoms with Gasteiger partial charge >= 0.3 is 0 Å². The van der Waals surface area contributed by atoms with Crippen LogP contribution < -0.4 is 15.4 Å². The zero-order valence-corrected chi connectivity index (χ0v) is 27.5. The first-order chi connectivity index (χ1) is 20.8. The van der Waals surface area contributed by atoms with Crippen molar-refractivity contribution in [3.05, 3.63) is 76.5 Å².